The fourth-order valence-electron chi connectivity index (χ4n) is 2.91. The highest BCUT2D eigenvalue weighted by atomic mass is 32.2. The van der Waals surface area contributed by atoms with Crippen molar-refractivity contribution in [2.75, 3.05) is 36.0 Å². The van der Waals surface area contributed by atoms with E-state index in [-0.39, 0.29) is 17.9 Å². The number of carbonyl (C=O) groups excluding carboxylic acids is 2. The van der Waals surface area contributed by atoms with E-state index < -0.39 is 0 Å². The highest BCUT2D eigenvalue weighted by Crippen LogP contribution is 2.27. The molecule has 25 heavy (non-hydrogen) atoms. The lowest BCUT2D eigenvalue weighted by atomic mass is 10.2. The molecule has 138 valence electrons. The van der Waals surface area contributed by atoms with Crippen molar-refractivity contribution in [2.45, 2.75) is 39.2 Å². The lowest BCUT2D eigenvalue weighted by Crippen LogP contribution is -2.31. The van der Waals surface area contributed by atoms with E-state index in [2.05, 4.69) is 39.8 Å². The van der Waals surface area contributed by atoms with Gasteiger partial charge in [0, 0.05) is 43.5 Å². The molecule has 0 unspecified atom stereocenters. The molecule has 0 saturated carbocycles. The summed E-state index contributed by atoms with van der Waals surface area (Å²) < 4.78 is 0. The second kappa shape index (κ2) is 10.3. The Bertz CT molecular complexity index is 578. The molecule has 2 amide bonds. The van der Waals surface area contributed by atoms with Crippen molar-refractivity contribution in [2.24, 2.45) is 0 Å². The minimum Gasteiger partial charge on any atom is -0.371 e. The van der Waals surface area contributed by atoms with Gasteiger partial charge in [0.05, 0.1) is 5.75 Å². The predicted octanol–water partition coefficient (Wildman–Crippen LogP) is 2.20. The number of carbonyl (C=O) groups is 2. The number of thioether (sulfide) groups is 1. The van der Waals surface area contributed by atoms with Gasteiger partial charge in [0.2, 0.25) is 11.8 Å². The number of benzene rings is 1. The molecular formula is C19H29N3O2S. The standard InChI is InChI=1S/C19H29N3O2S/c1-15(2)21-18(23)9-13-25-14-19(24)20-10-5-11-22-12-8-16-6-3-4-7-17(16)22/h3-4,6-7,15H,5,8-14H2,1-2H3,(H,20,24)(H,21,23). The lowest BCUT2D eigenvalue weighted by Gasteiger charge is -2.19. The molecule has 0 fully saturated rings. The number of nitrogens with zero attached hydrogens (tertiary/aromatic N) is 1. The quantitative estimate of drug-likeness (QED) is 0.626. The highest BCUT2D eigenvalue weighted by Gasteiger charge is 2.17. The van der Waals surface area contributed by atoms with Gasteiger partial charge in [0.25, 0.3) is 0 Å². The van der Waals surface area contributed by atoms with Crippen molar-refractivity contribution in [1.29, 1.82) is 0 Å². The number of fused-ring (bicyclic) bond motifs is 1. The SMILES string of the molecule is CC(C)NC(=O)CCSCC(=O)NCCCN1CCc2ccccc21. The van der Waals surface area contributed by atoms with Gasteiger partial charge in [-0.15, -0.1) is 0 Å². The Morgan fingerprint density at radius 2 is 2.04 bits per heavy atom. The smallest absolute Gasteiger partial charge is 0.229 e. The van der Waals surface area contributed by atoms with Crippen LogP contribution in [-0.2, 0) is 16.0 Å². The van der Waals surface area contributed by atoms with Crippen molar-refractivity contribution in [3.05, 3.63) is 29.8 Å². The van der Waals surface area contributed by atoms with Crippen molar-refractivity contribution in [3.8, 4) is 0 Å². The second-order valence-corrected chi connectivity index (χ2v) is 7.70. The molecular weight excluding hydrogens is 334 g/mol. The van der Waals surface area contributed by atoms with Gasteiger partial charge < -0.3 is 15.5 Å². The van der Waals surface area contributed by atoms with Gasteiger partial charge >= 0.3 is 0 Å². The van der Waals surface area contributed by atoms with Crippen LogP contribution in [0.3, 0.4) is 0 Å². The fourth-order valence-corrected chi connectivity index (χ4v) is 3.67. The maximum Gasteiger partial charge on any atom is 0.229 e. The third-order valence-electron chi connectivity index (χ3n) is 4.07. The van der Waals surface area contributed by atoms with Gasteiger partial charge in [-0.05, 0) is 38.3 Å². The summed E-state index contributed by atoms with van der Waals surface area (Å²) in [6, 6.07) is 8.70. The topological polar surface area (TPSA) is 61.4 Å². The summed E-state index contributed by atoms with van der Waals surface area (Å²) in [7, 11) is 0. The maximum absolute atomic E-state index is 11.8. The summed E-state index contributed by atoms with van der Waals surface area (Å²) in [5.41, 5.74) is 2.76. The molecule has 1 aromatic carbocycles. The van der Waals surface area contributed by atoms with E-state index in [0.717, 1.165) is 25.9 Å². The molecule has 1 heterocycles. The molecule has 0 aliphatic carbocycles. The zero-order chi connectivity index (χ0) is 18.1. The normalized spacial score (nSPS) is 13.0. The van der Waals surface area contributed by atoms with Crippen LogP contribution in [0.15, 0.2) is 24.3 Å². The number of hydrogen-bond donors (Lipinski definition) is 2. The first-order valence-electron chi connectivity index (χ1n) is 9.03. The first-order chi connectivity index (χ1) is 12.1. The zero-order valence-electron chi connectivity index (χ0n) is 15.2. The van der Waals surface area contributed by atoms with Gasteiger partial charge in [0.1, 0.15) is 0 Å². The highest BCUT2D eigenvalue weighted by molar-refractivity contribution is 7.99. The Morgan fingerprint density at radius 3 is 2.84 bits per heavy atom. The number of amides is 2. The second-order valence-electron chi connectivity index (χ2n) is 6.59. The van der Waals surface area contributed by atoms with E-state index in [1.54, 1.807) is 0 Å². The maximum atomic E-state index is 11.8. The van der Waals surface area contributed by atoms with E-state index in [1.807, 2.05) is 13.8 Å². The molecule has 0 spiro atoms. The van der Waals surface area contributed by atoms with Gasteiger partial charge in [-0.2, -0.15) is 11.8 Å². The molecule has 0 radical (unpaired) electrons. The van der Waals surface area contributed by atoms with E-state index in [0.29, 0.717) is 24.5 Å². The molecule has 0 bridgehead atoms. The van der Waals surface area contributed by atoms with Gasteiger partial charge in [-0.3, -0.25) is 9.59 Å². The molecule has 1 aliphatic heterocycles. The average molecular weight is 364 g/mol. The first kappa shape index (κ1) is 19.6. The van der Waals surface area contributed by atoms with Gasteiger partial charge in [-0.25, -0.2) is 0 Å². The third kappa shape index (κ3) is 6.98. The molecule has 1 aromatic rings. The Balaban J connectivity index is 1.51. The Labute approximate surface area is 154 Å². The van der Waals surface area contributed by atoms with E-state index in [9.17, 15) is 9.59 Å². The van der Waals surface area contributed by atoms with Crippen LogP contribution < -0.4 is 15.5 Å². The summed E-state index contributed by atoms with van der Waals surface area (Å²) >= 11 is 1.51. The summed E-state index contributed by atoms with van der Waals surface area (Å²) in [5, 5.41) is 5.81. The Hall–Kier alpha value is -1.69. The number of hydrogen-bond acceptors (Lipinski definition) is 4. The molecule has 0 atom stereocenters. The van der Waals surface area contributed by atoms with Crippen molar-refractivity contribution in [1.82, 2.24) is 10.6 Å². The lowest BCUT2D eigenvalue weighted by molar-refractivity contribution is -0.121. The minimum atomic E-state index is 0.0498. The molecule has 1 aliphatic rings. The predicted molar refractivity (Wildman–Crippen MR) is 105 cm³/mol. The summed E-state index contributed by atoms with van der Waals surface area (Å²) in [6.45, 7) is 6.63. The van der Waals surface area contributed by atoms with Gasteiger partial charge in [-0.1, -0.05) is 18.2 Å². The van der Waals surface area contributed by atoms with Crippen LogP contribution >= 0.6 is 11.8 Å². The third-order valence-corrected chi connectivity index (χ3v) is 5.03. The van der Waals surface area contributed by atoms with Crippen molar-refractivity contribution in [3.63, 3.8) is 0 Å². The first-order valence-corrected chi connectivity index (χ1v) is 10.2. The van der Waals surface area contributed by atoms with E-state index >= 15 is 0 Å². The summed E-state index contributed by atoms with van der Waals surface area (Å²) in [5.74, 6) is 1.20. The van der Waals surface area contributed by atoms with Crippen LogP contribution in [-0.4, -0.2) is 49.0 Å². The number of anilines is 1. The van der Waals surface area contributed by atoms with Crippen LogP contribution in [0.4, 0.5) is 5.69 Å². The molecule has 5 nitrogen and oxygen atoms in total. The molecule has 0 aromatic heterocycles. The van der Waals surface area contributed by atoms with Crippen LogP contribution in [0.25, 0.3) is 0 Å². The van der Waals surface area contributed by atoms with Crippen molar-refractivity contribution >= 4 is 29.3 Å². The largest absolute Gasteiger partial charge is 0.371 e. The molecule has 6 heteroatoms. The minimum absolute atomic E-state index is 0.0498. The van der Waals surface area contributed by atoms with E-state index in [1.165, 1.54) is 23.0 Å². The molecule has 2 rings (SSSR count). The van der Waals surface area contributed by atoms with Gasteiger partial charge in [0.15, 0.2) is 0 Å². The van der Waals surface area contributed by atoms with E-state index in [4.69, 9.17) is 0 Å². The molecule has 2 N–H and O–H groups in total. The zero-order valence-corrected chi connectivity index (χ0v) is 16.0. The number of para-hydroxylation sites is 1. The average Bonchev–Trinajstić information content (AvgIpc) is 2.98. The molecule has 0 saturated heterocycles. The Morgan fingerprint density at radius 1 is 1.24 bits per heavy atom. The van der Waals surface area contributed by atoms with Crippen LogP contribution in [0.5, 0.6) is 0 Å². The fraction of sp³-hybridized carbons (Fsp3) is 0.579. The van der Waals surface area contributed by atoms with Crippen molar-refractivity contribution < 1.29 is 9.59 Å². The number of nitrogens with one attached hydrogen (secondary N) is 2. The Kier molecular flexibility index (Phi) is 8.12. The van der Waals surface area contributed by atoms with Crippen LogP contribution in [0, 0.1) is 0 Å². The number of rotatable bonds is 10. The monoisotopic (exact) mass is 363 g/mol. The summed E-state index contributed by atoms with van der Waals surface area (Å²) in [6.07, 6.45) is 2.52. The van der Waals surface area contributed by atoms with Crippen LogP contribution in [0.2, 0.25) is 0 Å². The summed E-state index contributed by atoms with van der Waals surface area (Å²) in [4.78, 5) is 25.7. The van der Waals surface area contributed by atoms with Crippen LogP contribution in [0.1, 0.15) is 32.3 Å².